The van der Waals surface area contributed by atoms with Crippen LogP contribution in [0.1, 0.15) is 13.8 Å². The van der Waals surface area contributed by atoms with Crippen LogP contribution >= 0.6 is 0 Å². The van der Waals surface area contributed by atoms with E-state index >= 15 is 0 Å². The number of carbonyl (C=O) groups is 1. The van der Waals surface area contributed by atoms with E-state index < -0.39 is 11.5 Å². The van der Waals surface area contributed by atoms with Gasteiger partial charge in [0.15, 0.2) is 5.54 Å². The second-order valence-corrected chi connectivity index (χ2v) is 4.52. The second kappa shape index (κ2) is 4.14. The number of nitrogen functional groups attached to an aromatic ring is 1. The summed E-state index contributed by atoms with van der Waals surface area (Å²) in [5.41, 5.74) is 6.56. The molecule has 0 amide bonds. The lowest BCUT2D eigenvalue weighted by atomic mass is 10.0. The molecular formula is C12H14N4O2. The summed E-state index contributed by atoms with van der Waals surface area (Å²) in [6.45, 7) is 3.14. The highest BCUT2D eigenvalue weighted by molar-refractivity contribution is 5.77. The Labute approximate surface area is 104 Å². The maximum absolute atomic E-state index is 11.3. The fourth-order valence-corrected chi connectivity index (χ4v) is 1.63. The first-order chi connectivity index (χ1) is 8.43. The van der Waals surface area contributed by atoms with E-state index in [-0.39, 0.29) is 0 Å². The summed E-state index contributed by atoms with van der Waals surface area (Å²) < 4.78 is 1.38. The summed E-state index contributed by atoms with van der Waals surface area (Å²) in [6.07, 6.45) is 1.53. The molecule has 0 aliphatic rings. The van der Waals surface area contributed by atoms with Crippen LogP contribution in [0.15, 0.2) is 30.5 Å². The molecule has 94 valence electrons. The first-order valence-electron chi connectivity index (χ1n) is 5.43. The molecule has 6 heteroatoms. The van der Waals surface area contributed by atoms with Crippen LogP contribution in [0.2, 0.25) is 0 Å². The van der Waals surface area contributed by atoms with Crippen LogP contribution in [0, 0.1) is 0 Å². The highest BCUT2D eigenvalue weighted by Crippen LogP contribution is 2.25. The van der Waals surface area contributed by atoms with Crippen LogP contribution < -0.4 is 5.73 Å². The number of hydrogen-bond donors (Lipinski definition) is 2. The highest BCUT2D eigenvalue weighted by atomic mass is 16.4. The second-order valence-electron chi connectivity index (χ2n) is 4.52. The zero-order valence-corrected chi connectivity index (χ0v) is 10.2. The third-order valence-electron chi connectivity index (χ3n) is 2.78. The molecule has 2 aromatic rings. The number of rotatable bonds is 3. The Bertz CT molecular complexity index is 589. The molecule has 18 heavy (non-hydrogen) atoms. The van der Waals surface area contributed by atoms with Crippen LogP contribution in [0.5, 0.6) is 0 Å². The van der Waals surface area contributed by atoms with E-state index in [1.54, 1.807) is 32.0 Å². The topological polar surface area (TPSA) is 94.0 Å². The first kappa shape index (κ1) is 12.1. The van der Waals surface area contributed by atoms with Gasteiger partial charge in [-0.15, -0.1) is 5.10 Å². The summed E-state index contributed by atoms with van der Waals surface area (Å²) in [4.78, 5) is 11.3. The van der Waals surface area contributed by atoms with Crippen molar-refractivity contribution in [1.29, 1.82) is 0 Å². The molecule has 0 aliphatic carbocycles. The van der Waals surface area contributed by atoms with Gasteiger partial charge in [-0.3, -0.25) is 0 Å². The minimum Gasteiger partial charge on any atom is -0.479 e. The Morgan fingerprint density at radius 3 is 2.78 bits per heavy atom. The minimum atomic E-state index is -1.17. The fourth-order valence-electron chi connectivity index (χ4n) is 1.63. The number of hydrogen-bond acceptors (Lipinski definition) is 4. The maximum Gasteiger partial charge on any atom is 0.331 e. The van der Waals surface area contributed by atoms with Crippen molar-refractivity contribution in [2.24, 2.45) is 0 Å². The van der Waals surface area contributed by atoms with E-state index in [1.165, 1.54) is 10.9 Å². The number of benzene rings is 1. The van der Waals surface area contributed by atoms with Crippen molar-refractivity contribution in [2.45, 2.75) is 19.4 Å². The quantitative estimate of drug-likeness (QED) is 0.797. The lowest BCUT2D eigenvalue weighted by Gasteiger charge is -2.21. The summed E-state index contributed by atoms with van der Waals surface area (Å²) >= 11 is 0. The Morgan fingerprint density at radius 1 is 1.44 bits per heavy atom. The van der Waals surface area contributed by atoms with E-state index in [9.17, 15) is 9.90 Å². The van der Waals surface area contributed by atoms with Gasteiger partial charge < -0.3 is 10.8 Å². The van der Waals surface area contributed by atoms with Crippen molar-refractivity contribution < 1.29 is 9.90 Å². The molecule has 0 saturated carbocycles. The first-order valence-corrected chi connectivity index (χ1v) is 5.43. The standard InChI is InChI=1S/C12H14N4O2/c1-12(2,11(17)18)16-10(7-14-15-16)8-4-3-5-9(13)6-8/h3-7H,13H2,1-2H3,(H,17,18). The average Bonchev–Trinajstić information content (AvgIpc) is 2.78. The van der Waals surface area contributed by atoms with Gasteiger partial charge in [0, 0.05) is 11.3 Å². The summed E-state index contributed by atoms with van der Waals surface area (Å²) in [5.74, 6) is -0.974. The fraction of sp³-hybridized carbons (Fsp3) is 0.250. The van der Waals surface area contributed by atoms with E-state index in [2.05, 4.69) is 10.3 Å². The Morgan fingerprint density at radius 2 is 2.17 bits per heavy atom. The molecule has 1 aromatic heterocycles. The molecule has 0 aliphatic heterocycles. The predicted molar refractivity (Wildman–Crippen MR) is 66.8 cm³/mol. The number of carboxylic acid groups (broad SMARTS) is 1. The normalized spacial score (nSPS) is 11.4. The van der Waals surface area contributed by atoms with E-state index in [0.29, 0.717) is 11.4 Å². The molecule has 3 N–H and O–H groups in total. The van der Waals surface area contributed by atoms with Crippen molar-refractivity contribution in [3.63, 3.8) is 0 Å². The van der Waals surface area contributed by atoms with Gasteiger partial charge in [0.1, 0.15) is 0 Å². The molecule has 0 fully saturated rings. The molecule has 1 heterocycles. The third-order valence-corrected chi connectivity index (χ3v) is 2.78. The van der Waals surface area contributed by atoms with Gasteiger partial charge in [0.2, 0.25) is 0 Å². The lowest BCUT2D eigenvalue weighted by molar-refractivity contribution is -0.146. The van der Waals surface area contributed by atoms with Crippen molar-refractivity contribution in [3.05, 3.63) is 30.5 Å². The molecule has 2 rings (SSSR count). The third kappa shape index (κ3) is 1.92. The van der Waals surface area contributed by atoms with Gasteiger partial charge in [-0.25, -0.2) is 9.48 Å². The summed E-state index contributed by atoms with van der Waals surface area (Å²) in [7, 11) is 0. The van der Waals surface area contributed by atoms with Gasteiger partial charge in [0.05, 0.1) is 11.9 Å². The largest absolute Gasteiger partial charge is 0.479 e. The number of nitrogens with zero attached hydrogens (tertiary/aromatic N) is 3. The number of carboxylic acids is 1. The van der Waals surface area contributed by atoms with Crippen molar-refractivity contribution >= 4 is 11.7 Å². The van der Waals surface area contributed by atoms with Crippen molar-refractivity contribution in [3.8, 4) is 11.3 Å². The van der Waals surface area contributed by atoms with E-state index in [1.807, 2.05) is 6.07 Å². The molecule has 0 saturated heterocycles. The number of aromatic nitrogens is 3. The molecule has 0 bridgehead atoms. The monoisotopic (exact) mass is 246 g/mol. The summed E-state index contributed by atoms with van der Waals surface area (Å²) in [5, 5.41) is 16.9. The molecule has 0 spiro atoms. The lowest BCUT2D eigenvalue weighted by Crippen LogP contribution is -2.37. The molecular weight excluding hydrogens is 232 g/mol. The molecule has 0 radical (unpaired) electrons. The summed E-state index contributed by atoms with van der Waals surface area (Å²) in [6, 6.07) is 7.16. The van der Waals surface area contributed by atoms with Crippen LogP contribution in [0.4, 0.5) is 5.69 Å². The molecule has 6 nitrogen and oxygen atoms in total. The number of anilines is 1. The van der Waals surface area contributed by atoms with Crippen molar-refractivity contribution in [2.75, 3.05) is 5.73 Å². The van der Waals surface area contributed by atoms with Crippen LogP contribution in [-0.4, -0.2) is 26.1 Å². The Kier molecular flexibility index (Phi) is 2.78. The maximum atomic E-state index is 11.3. The zero-order chi connectivity index (χ0) is 13.3. The molecule has 1 aromatic carbocycles. The molecule has 0 unspecified atom stereocenters. The smallest absolute Gasteiger partial charge is 0.331 e. The van der Waals surface area contributed by atoms with Crippen LogP contribution in [0.3, 0.4) is 0 Å². The Hall–Kier alpha value is -2.37. The van der Waals surface area contributed by atoms with Crippen LogP contribution in [-0.2, 0) is 10.3 Å². The highest BCUT2D eigenvalue weighted by Gasteiger charge is 2.32. The van der Waals surface area contributed by atoms with Gasteiger partial charge in [-0.2, -0.15) is 0 Å². The van der Waals surface area contributed by atoms with E-state index in [4.69, 9.17) is 5.73 Å². The zero-order valence-electron chi connectivity index (χ0n) is 10.2. The molecule has 0 atom stereocenters. The average molecular weight is 246 g/mol. The van der Waals surface area contributed by atoms with Gasteiger partial charge in [0.25, 0.3) is 0 Å². The van der Waals surface area contributed by atoms with Gasteiger partial charge in [-0.1, -0.05) is 17.3 Å². The Balaban J connectivity index is 2.55. The van der Waals surface area contributed by atoms with Crippen LogP contribution in [0.25, 0.3) is 11.3 Å². The minimum absolute atomic E-state index is 0.605. The van der Waals surface area contributed by atoms with Gasteiger partial charge >= 0.3 is 5.97 Å². The van der Waals surface area contributed by atoms with Crippen molar-refractivity contribution in [1.82, 2.24) is 15.0 Å². The number of nitrogens with two attached hydrogens (primary N) is 1. The van der Waals surface area contributed by atoms with E-state index in [0.717, 1.165) is 5.56 Å². The van der Waals surface area contributed by atoms with Gasteiger partial charge in [-0.05, 0) is 26.0 Å². The SMILES string of the molecule is CC(C)(C(=O)O)n1nncc1-c1cccc(N)c1. The predicted octanol–water partition coefficient (Wildman–Crippen LogP) is 1.35. The number of aliphatic carboxylic acids is 1.